The van der Waals surface area contributed by atoms with E-state index in [0.29, 0.717) is 5.69 Å². The van der Waals surface area contributed by atoms with Gasteiger partial charge in [0.1, 0.15) is 0 Å². The third-order valence-corrected chi connectivity index (χ3v) is 2.85. The van der Waals surface area contributed by atoms with Crippen molar-refractivity contribution in [1.82, 2.24) is 0 Å². The van der Waals surface area contributed by atoms with E-state index in [-0.39, 0.29) is 16.8 Å². The van der Waals surface area contributed by atoms with Gasteiger partial charge < -0.3 is 16.8 Å². The predicted octanol–water partition coefficient (Wildman–Crippen LogP) is 1.19. The van der Waals surface area contributed by atoms with Crippen molar-refractivity contribution in [3.05, 3.63) is 59.7 Å². The van der Waals surface area contributed by atoms with Gasteiger partial charge >= 0.3 is 0 Å². The molecule has 106 valence electrons. The highest BCUT2D eigenvalue weighted by atomic mass is 16.2. The van der Waals surface area contributed by atoms with Crippen molar-refractivity contribution in [1.29, 1.82) is 0 Å². The molecule has 0 aliphatic rings. The number of Topliss-reactive ketones (excluding diaryl/α,β-unsaturated/α-hetero) is 1. The van der Waals surface area contributed by atoms with Crippen LogP contribution in [0, 0.1) is 0 Å². The minimum Gasteiger partial charge on any atom is -0.397 e. The molecule has 2 aromatic rings. The number of nitrogens with two attached hydrogens (primary N) is 2. The average Bonchev–Trinajstić information content (AvgIpc) is 2.47. The molecular formula is C15H13N3O3. The van der Waals surface area contributed by atoms with Crippen LogP contribution in [0.15, 0.2) is 48.5 Å². The van der Waals surface area contributed by atoms with Gasteiger partial charge in [-0.05, 0) is 24.3 Å². The Hall–Kier alpha value is -3.15. The van der Waals surface area contributed by atoms with Gasteiger partial charge in [-0.15, -0.1) is 0 Å². The van der Waals surface area contributed by atoms with Crippen LogP contribution < -0.4 is 16.8 Å². The highest BCUT2D eigenvalue weighted by molar-refractivity contribution is 6.43. The van der Waals surface area contributed by atoms with Crippen molar-refractivity contribution in [3.63, 3.8) is 0 Å². The number of benzene rings is 2. The fourth-order valence-electron chi connectivity index (χ4n) is 1.81. The maximum atomic E-state index is 12.2. The van der Waals surface area contributed by atoms with Crippen molar-refractivity contribution in [2.45, 2.75) is 0 Å². The molecule has 5 N–H and O–H groups in total. The number of rotatable bonds is 4. The Balaban J connectivity index is 2.32. The summed E-state index contributed by atoms with van der Waals surface area (Å²) >= 11 is 0. The Labute approximate surface area is 120 Å². The molecule has 0 unspecified atom stereocenters. The number of carbonyl (C=O) groups is 3. The largest absolute Gasteiger partial charge is 0.397 e. The number of amides is 2. The van der Waals surface area contributed by atoms with Crippen LogP contribution in [0.3, 0.4) is 0 Å². The number of carbonyl (C=O) groups excluding carboxylic acids is 3. The Bertz CT molecular complexity index is 711. The van der Waals surface area contributed by atoms with Crippen molar-refractivity contribution in [3.8, 4) is 0 Å². The number of nitrogen functional groups attached to an aromatic ring is 1. The maximum Gasteiger partial charge on any atom is 0.289 e. The van der Waals surface area contributed by atoms with Crippen LogP contribution in [-0.2, 0) is 4.79 Å². The van der Waals surface area contributed by atoms with Crippen LogP contribution in [0.4, 0.5) is 11.4 Å². The Morgan fingerprint density at radius 2 is 1.48 bits per heavy atom. The molecule has 0 aliphatic carbocycles. The van der Waals surface area contributed by atoms with Crippen molar-refractivity contribution < 1.29 is 14.4 Å². The summed E-state index contributed by atoms with van der Waals surface area (Å²) in [5, 5.41) is 2.65. The molecule has 0 fully saturated rings. The molecule has 21 heavy (non-hydrogen) atoms. The minimum absolute atomic E-state index is 0.0743. The Kier molecular flexibility index (Phi) is 3.99. The fourth-order valence-corrected chi connectivity index (χ4v) is 1.81. The van der Waals surface area contributed by atoms with E-state index in [9.17, 15) is 14.4 Å². The summed E-state index contributed by atoms with van der Waals surface area (Å²) in [6.07, 6.45) is 0. The van der Waals surface area contributed by atoms with Crippen LogP contribution >= 0.6 is 0 Å². The van der Waals surface area contributed by atoms with E-state index < -0.39 is 17.6 Å². The molecule has 0 heterocycles. The van der Waals surface area contributed by atoms with Crippen LogP contribution in [0.25, 0.3) is 0 Å². The number of para-hydroxylation sites is 2. The second-order valence-corrected chi connectivity index (χ2v) is 4.28. The van der Waals surface area contributed by atoms with Crippen LogP contribution in [0.1, 0.15) is 20.7 Å². The Morgan fingerprint density at radius 1 is 0.857 bits per heavy atom. The van der Waals surface area contributed by atoms with Gasteiger partial charge in [-0.25, -0.2) is 0 Å². The zero-order chi connectivity index (χ0) is 15.4. The number of hydrogen-bond donors (Lipinski definition) is 3. The average molecular weight is 283 g/mol. The van der Waals surface area contributed by atoms with Gasteiger partial charge in [0.05, 0.1) is 16.8 Å². The van der Waals surface area contributed by atoms with Gasteiger partial charge in [-0.3, -0.25) is 14.4 Å². The topological polar surface area (TPSA) is 115 Å². The van der Waals surface area contributed by atoms with Gasteiger partial charge in [0.25, 0.3) is 17.6 Å². The van der Waals surface area contributed by atoms with Crippen LogP contribution in [0.2, 0.25) is 0 Å². The molecule has 6 nitrogen and oxygen atoms in total. The van der Waals surface area contributed by atoms with Crippen molar-refractivity contribution in [2.75, 3.05) is 11.1 Å². The van der Waals surface area contributed by atoms with Gasteiger partial charge in [0, 0.05) is 5.69 Å². The second-order valence-electron chi connectivity index (χ2n) is 4.28. The molecule has 0 bridgehead atoms. The molecule has 0 saturated heterocycles. The molecule has 0 radical (unpaired) electrons. The fraction of sp³-hybridized carbons (Fsp3) is 0. The van der Waals surface area contributed by atoms with Gasteiger partial charge in [-0.2, -0.15) is 0 Å². The van der Waals surface area contributed by atoms with E-state index in [4.69, 9.17) is 11.5 Å². The van der Waals surface area contributed by atoms with E-state index in [1.165, 1.54) is 18.2 Å². The summed E-state index contributed by atoms with van der Waals surface area (Å²) in [4.78, 5) is 34.7. The minimum atomic E-state index is -1.12. The molecule has 2 amide bonds. The lowest BCUT2D eigenvalue weighted by molar-refractivity contribution is -0.114. The second kappa shape index (κ2) is 5.87. The lowest BCUT2D eigenvalue weighted by atomic mass is 10.0. The number of nitrogens with one attached hydrogen (secondary N) is 1. The van der Waals surface area contributed by atoms with Crippen LogP contribution in [0.5, 0.6) is 0 Å². The smallest absolute Gasteiger partial charge is 0.289 e. The van der Waals surface area contributed by atoms with Crippen molar-refractivity contribution in [2.24, 2.45) is 5.73 Å². The third kappa shape index (κ3) is 3.06. The maximum absolute atomic E-state index is 12.2. The van der Waals surface area contributed by atoms with Gasteiger partial charge in [0.15, 0.2) is 0 Å². The molecule has 0 aromatic heterocycles. The van der Waals surface area contributed by atoms with Gasteiger partial charge in [-0.1, -0.05) is 24.3 Å². The normalized spacial score (nSPS) is 9.90. The molecule has 0 saturated carbocycles. The van der Waals surface area contributed by atoms with Gasteiger partial charge in [0.2, 0.25) is 0 Å². The zero-order valence-electron chi connectivity index (χ0n) is 11.0. The molecule has 0 atom stereocenters. The summed E-state index contributed by atoms with van der Waals surface area (Å²) in [7, 11) is 0. The highest BCUT2D eigenvalue weighted by Crippen LogP contribution is 2.19. The molecular weight excluding hydrogens is 270 g/mol. The monoisotopic (exact) mass is 283 g/mol. The molecule has 6 heteroatoms. The quantitative estimate of drug-likeness (QED) is 0.444. The third-order valence-electron chi connectivity index (χ3n) is 2.85. The van der Waals surface area contributed by atoms with Crippen molar-refractivity contribution >= 4 is 29.0 Å². The standard InChI is InChI=1S/C15H13N3O3/c16-12-10(13(19)14(17)20)7-4-8-11(12)15(21)18-9-5-2-1-3-6-9/h1-8H,16H2,(H2,17,20)(H,18,21). The number of primary amides is 1. The summed E-state index contributed by atoms with van der Waals surface area (Å²) in [6.45, 7) is 0. The lowest BCUT2D eigenvalue weighted by Crippen LogP contribution is -2.25. The van der Waals surface area contributed by atoms with E-state index in [2.05, 4.69) is 5.32 Å². The van der Waals surface area contributed by atoms with E-state index in [1.807, 2.05) is 6.07 Å². The summed E-state index contributed by atoms with van der Waals surface area (Å²) in [5.41, 5.74) is 11.3. The SMILES string of the molecule is NC(=O)C(=O)c1cccc(C(=O)Nc2ccccc2)c1N. The first kappa shape index (κ1) is 14.3. The first-order valence-electron chi connectivity index (χ1n) is 6.09. The highest BCUT2D eigenvalue weighted by Gasteiger charge is 2.20. The van der Waals surface area contributed by atoms with Crippen LogP contribution in [-0.4, -0.2) is 17.6 Å². The lowest BCUT2D eigenvalue weighted by Gasteiger charge is -2.10. The predicted molar refractivity (Wildman–Crippen MR) is 78.8 cm³/mol. The summed E-state index contributed by atoms with van der Waals surface area (Å²) in [5.74, 6) is -2.53. The number of ketones is 1. The van der Waals surface area contributed by atoms with E-state index in [1.54, 1.807) is 24.3 Å². The number of hydrogen-bond acceptors (Lipinski definition) is 4. The Morgan fingerprint density at radius 3 is 2.10 bits per heavy atom. The van der Waals surface area contributed by atoms with E-state index in [0.717, 1.165) is 0 Å². The summed E-state index contributed by atoms with van der Waals surface area (Å²) in [6, 6.07) is 13.1. The summed E-state index contributed by atoms with van der Waals surface area (Å²) < 4.78 is 0. The number of anilines is 2. The molecule has 0 spiro atoms. The molecule has 0 aliphatic heterocycles. The first-order chi connectivity index (χ1) is 10.0. The first-order valence-corrected chi connectivity index (χ1v) is 6.09. The zero-order valence-corrected chi connectivity index (χ0v) is 11.0. The molecule has 2 aromatic carbocycles. The molecule has 2 rings (SSSR count). The van der Waals surface area contributed by atoms with E-state index >= 15 is 0 Å².